The Morgan fingerprint density at radius 1 is 1.17 bits per heavy atom. The van der Waals surface area contributed by atoms with Gasteiger partial charge in [-0.1, -0.05) is 23.7 Å². The van der Waals surface area contributed by atoms with Gasteiger partial charge in [0.2, 0.25) is 0 Å². The molecule has 4 atom stereocenters. The summed E-state index contributed by atoms with van der Waals surface area (Å²) in [4.78, 5) is 0. The maximum Gasteiger partial charge on any atom is 0.123 e. The molecule has 126 valence electrons. The molecule has 0 aromatic heterocycles. The molecule has 5 heteroatoms. The van der Waals surface area contributed by atoms with Gasteiger partial charge in [-0.2, -0.15) is 0 Å². The number of rotatable bonds is 2. The monoisotopic (exact) mass is 347 g/mol. The van der Waals surface area contributed by atoms with Crippen molar-refractivity contribution in [3.63, 3.8) is 0 Å². The van der Waals surface area contributed by atoms with Crippen molar-refractivity contribution in [2.75, 3.05) is 11.9 Å². The summed E-state index contributed by atoms with van der Waals surface area (Å²) < 4.78 is 19.5. The van der Waals surface area contributed by atoms with Gasteiger partial charge in [-0.3, -0.25) is 0 Å². The summed E-state index contributed by atoms with van der Waals surface area (Å²) in [6.07, 6.45) is 1.47. The van der Waals surface area contributed by atoms with Crippen LogP contribution in [-0.4, -0.2) is 17.8 Å². The maximum absolute atomic E-state index is 13.3. The number of aliphatic hydroxyl groups is 1. The zero-order chi connectivity index (χ0) is 16.7. The Kier molecular flexibility index (Phi) is 4.21. The number of nitrogens with one attached hydrogen (secondary N) is 1. The molecule has 2 aromatic carbocycles. The van der Waals surface area contributed by atoms with E-state index < -0.39 is 0 Å². The molecular weight excluding hydrogens is 329 g/mol. The third kappa shape index (κ3) is 2.79. The topological polar surface area (TPSA) is 41.5 Å². The molecule has 1 saturated heterocycles. The number of hydrogen-bond donors (Lipinski definition) is 2. The minimum atomic E-state index is -0.237. The highest BCUT2D eigenvalue weighted by Crippen LogP contribution is 2.50. The first-order valence-corrected chi connectivity index (χ1v) is 8.61. The Balaban J connectivity index is 1.75. The number of aliphatic hydroxyl groups excluding tert-OH is 1. The number of fused-ring (bicyclic) bond motifs is 3. The van der Waals surface area contributed by atoms with Crippen molar-refractivity contribution in [2.45, 2.75) is 31.1 Å². The van der Waals surface area contributed by atoms with Crippen molar-refractivity contribution < 1.29 is 14.2 Å². The minimum absolute atomic E-state index is 0.0216. The lowest BCUT2D eigenvalue weighted by Gasteiger charge is -2.45. The molecule has 0 aliphatic carbocycles. The van der Waals surface area contributed by atoms with Crippen molar-refractivity contribution in [3.05, 3.63) is 64.4 Å². The molecule has 1 fully saturated rings. The van der Waals surface area contributed by atoms with E-state index in [1.54, 1.807) is 0 Å². The van der Waals surface area contributed by atoms with Crippen LogP contribution in [0.25, 0.3) is 0 Å². The van der Waals surface area contributed by atoms with E-state index in [-0.39, 0.29) is 36.6 Å². The predicted molar refractivity (Wildman–Crippen MR) is 91.6 cm³/mol. The highest BCUT2D eigenvalue weighted by atomic mass is 35.5. The summed E-state index contributed by atoms with van der Waals surface area (Å²) in [5.74, 6) is -0.0252. The van der Waals surface area contributed by atoms with Gasteiger partial charge in [0.25, 0.3) is 0 Å². The molecule has 2 aliphatic rings. The van der Waals surface area contributed by atoms with E-state index in [4.69, 9.17) is 16.3 Å². The van der Waals surface area contributed by atoms with E-state index >= 15 is 0 Å². The largest absolute Gasteiger partial charge is 0.394 e. The summed E-state index contributed by atoms with van der Waals surface area (Å²) >= 11 is 6.17. The van der Waals surface area contributed by atoms with Crippen LogP contribution in [0.1, 0.15) is 36.1 Å². The Bertz CT molecular complexity index is 737. The SMILES string of the molecule is OC[C@H]1CC[C@@H]2[C@H](O1)c1cc(Cl)ccc1N[C@H]2c1ccc(F)cc1. The minimum Gasteiger partial charge on any atom is -0.394 e. The third-order valence-corrected chi connectivity index (χ3v) is 5.28. The Labute approximate surface area is 145 Å². The lowest BCUT2D eigenvalue weighted by molar-refractivity contribution is -0.110. The van der Waals surface area contributed by atoms with E-state index in [9.17, 15) is 9.50 Å². The molecule has 24 heavy (non-hydrogen) atoms. The number of benzene rings is 2. The molecule has 0 bridgehead atoms. The number of ether oxygens (including phenoxy) is 1. The zero-order valence-corrected chi connectivity index (χ0v) is 13.8. The normalized spacial score (nSPS) is 28.6. The molecule has 2 heterocycles. The third-order valence-electron chi connectivity index (χ3n) is 5.04. The molecule has 0 spiro atoms. The van der Waals surface area contributed by atoms with Crippen molar-refractivity contribution in [1.29, 1.82) is 0 Å². The van der Waals surface area contributed by atoms with Crippen molar-refractivity contribution in [2.24, 2.45) is 5.92 Å². The first-order chi connectivity index (χ1) is 11.7. The van der Waals surface area contributed by atoms with Gasteiger partial charge in [0.1, 0.15) is 5.82 Å². The molecule has 4 rings (SSSR count). The van der Waals surface area contributed by atoms with Gasteiger partial charge < -0.3 is 15.2 Å². The fourth-order valence-electron chi connectivity index (χ4n) is 3.86. The smallest absolute Gasteiger partial charge is 0.123 e. The highest BCUT2D eigenvalue weighted by molar-refractivity contribution is 6.30. The van der Waals surface area contributed by atoms with E-state index in [1.165, 1.54) is 12.1 Å². The molecule has 0 unspecified atom stereocenters. The van der Waals surface area contributed by atoms with Crippen LogP contribution in [0.15, 0.2) is 42.5 Å². The van der Waals surface area contributed by atoms with E-state index in [0.29, 0.717) is 5.02 Å². The molecule has 0 amide bonds. The fourth-order valence-corrected chi connectivity index (χ4v) is 4.04. The summed E-state index contributed by atoms with van der Waals surface area (Å²) in [7, 11) is 0. The molecule has 2 N–H and O–H groups in total. The summed E-state index contributed by atoms with van der Waals surface area (Å²) in [6, 6.07) is 12.4. The maximum atomic E-state index is 13.3. The van der Waals surface area contributed by atoms with E-state index in [1.807, 2.05) is 30.3 Å². The molecule has 0 saturated carbocycles. The number of anilines is 1. The standard InChI is InChI=1S/C19H19ClFNO2/c20-12-3-8-17-16(9-12)19-15(7-6-14(10-23)24-19)18(22-17)11-1-4-13(21)5-2-11/h1-5,8-9,14-15,18-19,22-23H,6-7,10H2/t14-,15+,18+,19+/m1/s1. The van der Waals surface area contributed by atoms with Crippen molar-refractivity contribution in [1.82, 2.24) is 0 Å². The fraction of sp³-hybridized carbons (Fsp3) is 0.368. The van der Waals surface area contributed by atoms with E-state index in [0.717, 1.165) is 29.7 Å². The van der Waals surface area contributed by atoms with Crippen LogP contribution in [0.5, 0.6) is 0 Å². The second-order valence-electron chi connectivity index (χ2n) is 6.51. The van der Waals surface area contributed by atoms with Crippen LogP contribution in [0.2, 0.25) is 5.02 Å². The molecule has 0 radical (unpaired) electrons. The Morgan fingerprint density at radius 2 is 1.96 bits per heavy atom. The first-order valence-electron chi connectivity index (χ1n) is 8.23. The van der Waals surface area contributed by atoms with Crippen LogP contribution < -0.4 is 5.32 Å². The van der Waals surface area contributed by atoms with Crippen LogP contribution in [0, 0.1) is 11.7 Å². The van der Waals surface area contributed by atoms with Crippen molar-refractivity contribution >= 4 is 17.3 Å². The van der Waals surface area contributed by atoms with Gasteiger partial charge >= 0.3 is 0 Å². The van der Waals surface area contributed by atoms with Crippen LogP contribution in [-0.2, 0) is 4.74 Å². The highest BCUT2D eigenvalue weighted by Gasteiger charge is 2.42. The second kappa shape index (κ2) is 6.36. The average molecular weight is 348 g/mol. The Morgan fingerprint density at radius 3 is 2.71 bits per heavy atom. The lowest BCUT2D eigenvalue weighted by atomic mass is 9.76. The van der Waals surface area contributed by atoms with Crippen LogP contribution in [0.4, 0.5) is 10.1 Å². The van der Waals surface area contributed by atoms with E-state index in [2.05, 4.69) is 5.32 Å². The van der Waals surface area contributed by atoms with Gasteiger partial charge in [-0.15, -0.1) is 0 Å². The van der Waals surface area contributed by atoms with Gasteiger partial charge in [0, 0.05) is 22.2 Å². The predicted octanol–water partition coefficient (Wildman–Crippen LogP) is 4.47. The van der Waals surface area contributed by atoms with Gasteiger partial charge in [0.15, 0.2) is 0 Å². The number of hydrogen-bond acceptors (Lipinski definition) is 3. The quantitative estimate of drug-likeness (QED) is 0.842. The van der Waals surface area contributed by atoms with Gasteiger partial charge in [-0.25, -0.2) is 4.39 Å². The molecule has 2 aromatic rings. The summed E-state index contributed by atoms with van der Waals surface area (Å²) in [5.41, 5.74) is 3.05. The van der Waals surface area contributed by atoms with Crippen LogP contribution >= 0.6 is 11.6 Å². The second-order valence-corrected chi connectivity index (χ2v) is 6.94. The van der Waals surface area contributed by atoms with Crippen LogP contribution in [0.3, 0.4) is 0 Å². The lowest BCUT2D eigenvalue weighted by Crippen LogP contribution is -2.40. The zero-order valence-electron chi connectivity index (χ0n) is 13.1. The summed E-state index contributed by atoms with van der Waals surface area (Å²) in [5, 5.41) is 13.7. The molecular formula is C19H19ClFNO2. The van der Waals surface area contributed by atoms with Crippen molar-refractivity contribution in [3.8, 4) is 0 Å². The molecule has 2 aliphatic heterocycles. The molecule has 3 nitrogen and oxygen atoms in total. The van der Waals surface area contributed by atoms with Gasteiger partial charge in [-0.05, 0) is 48.7 Å². The summed E-state index contributed by atoms with van der Waals surface area (Å²) in [6.45, 7) is 0.0216. The van der Waals surface area contributed by atoms with Gasteiger partial charge in [0.05, 0.1) is 24.9 Å². The first kappa shape index (κ1) is 15.9. The Hall–Kier alpha value is -1.62. The number of halogens is 2. The average Bonchev–Trinajstić information content (AvgIpc) is 2.61.